The van der Waals surface area contributed by atoms with Gasteiger partial charge in [0.1, 0.15) is 0 Å². The first-order valence-corrected chi connectivity index (χ1v) is 7.69. The van der Waals surface area contributed by atoms with Crippen LogP contribution in [-0.2, 0) is 16.6 Å². The lowest BCUT2D eigenvalue weighted by atomic mass is 10.1. The Morgan fingerprint density at radius 3 is 2.67 bits per heavy atom. The van der Waals surface area contributed by atoms with Crippen molar-refractivity contribution in [3.05, 3.63) is 35.4 Å². The maximum Gasteiger partial charge on any atom is 0.208 e. The number of hydrogen-bond donors (Lipinski definition) is 3. The van der Waals surface area contributed by atoms with E-state index < -0.39 is 10.0 Å². The second-order valence-electron chi connectivity index (χ2n) is 4.25. The zero-order valence-electron chi connectivity index (χ0n) is 10.7. The highest BCUT2D eigenvalue weighted by Gasteiger charge is 2.05. The maximum atomic E-state index is 10.9. The van der Waals surface area contributed by atoms with E-state index in [1.54, 1.807) is 0 Å². The lowest BCUT2D eigenvalue weighted by molar-refractivity contribution is 0.281. The van der Waals surface area contributed by atoms with Crippen LogP contribution in [0.4, 0.5) is 0 Å². The molecule has 5 nitrogen and oxygen atoms in total. The van der Waals surface area contributed by atoms with Crippen LogP contribution >= 0.6 is 0 Å². The molecule has 0 aliphatic heterocycles. The van der Waals surface area contributed by atoms with Gasteiger partial charge in [0.05, 0.1) is 12.9 Å². The van der Waals surface area contributed by atoms with Gasteiger partial charge in [-0.2, -0.15) is 0 Å². The van der Waals surface area contributed by atoms with Crippen LogP contribution in [0.2, 0.25) is 0 Å². The molecule has 18 heavy (non-hydrogen) atoms. The summed E-state index contributed by atoms with van der Waals surface area (Å²) in [6.07, 6.45) is 1.14. The van der Waals surface area contributed by atoms with Gasteiger partial charge in [-0.05, 0) is 18.1 Å². The summed E-state index contributed by atoms with van der Waals surface area (Å²) < 4.78 is 24.1. The highest BCUT2D eigenvalue weighted by atomic mass is 32.2. The molecule has 0 amide bonds. The van der Waals surface area contributed by atoms with Crippen molar-refractivity contribution >= 4 is 10.0 Å². The highest BCUT2D eigenvalue weighted by molar-refractivity contribution is 7.88. The maximum absolute atomic E-state index is 10.9. The predicted octanol–water partition coefficient (Wildman–Crippen LogP) is 0.379. The lowest BCUT2D eigenvalue weighted by Gasteiger charge is -2.15. The van der Waals surface area contributed by atoms with Crippen LogP contribution in [0.5, 0.6) is 0 Å². The summed E-state index contributed by atoms with van der Waals surface area (Å²) in [7, 11) is -3.12. The summed E-state index contributed by atoms with van der Waals surface area (Å²) in [5.74, 6) is 0. The van der Waals surface area contributed by atoms with Crippen molar-refractivity contribution in [2.24, 2.45) is 0 Å². The van der Waals surface area contributed by atoms with E-state index in [9.17, 15) is 8.42 Å². The van der Waals surface area contributed by atoms with E-state index >= 15 is 0 Å². The third-order valence-electron chi connectivity index (χ3n) is 2.57. The third-order valence-corrected chi connectivity index (χ3v) is 3.30. The largest absolute Gasteiger partial charge is 0.392 e. The van der Waals surface area contributed by atoms with Crippen LogP contribution in [0.3, 0.4) is 0 Å². The number of hydrogen-bond acceptors (Lipinski definition) is 4. The molecule has 6 heteroatoms. The summed E-state index contributed by atoms with van der Waals surface area (Å²) in [5.41, 5.74) is 1.94. The summed E-state index contributed by atoms with van der Waals surface area (Å²) >= 11 is 0. The molecule has 0 heterocycles. The number of aliphatic hydroxyl groups is 1. The van der Waals surface area contributed by atoms with E-state index in [-0.39, 0.29) is 12.6 Å². The molecule has 0 aliphatic rings. The zero-order chi connectivity index (χ0) is 13.6. The number of aliphatic hydroxyl groups excluding tert-OH is 1. The molecule has 102 valence electrons. The summed E-state index contributed by atoms with van der Waals surface area (Å²) in [4.78, 5) is 0. The van der Waals surface area contributed by atoms with Gasteiger partial charge in [0.25, 0.3) is 0 Å². The second kappa shape index (κ2) is 6.84. The standard InChI is InChI=1S/C12H20N2O3S/c1-10(13-6-7-14-18(2,16)17)12-5-3-4-11(8-12)9-15/h3-5,8,10,13-15H,6-7,9H2,1-2H3. The summed E-state index contributed by atoms with van der Waals surface area (Å²) in [6.45, 7) is 2.94. The van der Waals surface area contributed by atoms with Crippen molar-refractivity contribution < 1.29 is 13.5 Å². The van der Waals surface area contributed by atoms with Crippen LogP contribution in [0.25, 0.3) is 0 Å². The molecule has 1 rings (SSSR count). The lowest BCUT2D eigenvalue weighted by Crippen LogP contribution is -2.32. The van der Waals surface area contributed by atoms with Gasteiger partial charge < -0.3 is 10.4 Å². The first-order valence-electron chi connectivity index (χ1n) is 5.80. The quantitative estimate of drug-likeness (QED) is 0.627. The molecule has 0 aliphatic carbocycles. The van der Waals surface area contributed by atoms with E-state index in [1.807, 2.05) is 31.2 Å². The Balaban J connectivity index is 2.42. The van der Waals surface area contributed by atoms with Gasteiger partial charge in [0.15, 0.2) is 0 Å². The molecule has 0 radical (unpaired) electrons. The molecular weight excluding hydrogens is 252 g/mol. The molecule has 1 unspecified atom stereocenters. The van der Waals surface area contributed by atoms with Gasteiger partial charge in [-0.3, -0.25) is 0 Å². The highest BCUT2D eigenvalue weighted by Crippen LogP contribution is 2.13. The van der Waals surface area contributed by atoms with E-state index in [2.05, 4.69) is 10.0 Å². The fourth-order valence-electron chi connectivity index (χ4n) is 1.60. The minimum Gasteiger partial charge on any atom is -0.392 e. The molecule has 1 atom stereocenters. The molecule has 0 spiro atoms. The Bertz CT molecular complexity index is 474. The van der Waals surface area contributed by atoms with E-state index in [0.29, 0.717) is 13.1 Å². The molecular formula is C12H20N2O3S. The molecule has 1 aromatic carbocycles. The van der Waals surface area contributed by atoms with Crippen LogP contribution in [0.1, 0.15) is 24.1 Å². The van der Waals surface area contributed by atoms with Crippen molar-refractivity contribution in [3.63, 3.8) is 0 Å². The second-order valence-corrected chi connectivity index (χ2v) is 6.08. The zero-order valence-corrected chi connectivity index (χ0v) is 11.5. The number of rotatable bonds is 7. The molecule has 0 saturated heterocycles. The van der Waals surface area contributed by atoms with Gasteiger partial charge >= 0.3 is 0 Å². The number of benzene rings is 1. The van der Waals surface area contributed by atoms with E-state index in [0.717, 1.165) is 17.4 Å². The van der Waals surface area contributed by atoms with Crippen LogP contribution in [-0.4, -0.2) is 32.9 Å². The Kier molecular flexibility index (Phi) is 5.74. The first-order chi connectivity index (χ1) is 8.42. The molecule has 0 saturated carbocycles. The van der Waals surface area contributed by atoms with Crippen LogP contribution in [0.15, 0.2) is 24.3 Å². The fourth-order valence-corrected chi connectivity index (χ4v) is 2.08. The van der Waals surface area contributed by atoms with Crippen molar-refractivity contribution in [2.75, 3.05) is 19.3 Å². The third kappa shape index (κ3) is 5.59. The smallest absolute Gasteiger partial charge is 0.208 e. The Morgan fingerprint density at radius 1 is 1.33 bits per heavy atom. The molecule has 0 fully saturated rings. The monoisotopic (exact) mass is 272 g/mol. The van der Waals surface area contributed by atoms with Crippen molar-refractivity contribution in [1.29, 1.82) is 0 Å². The predicted molar refractivity (Wildman–Crippen MR) is 71.6 cm³/mol. The first kappa shape index (κ1) is 15.1. The fraction of sp³-hybridized carbons (Fsp3) is 0.500. The van der Waals surface area contributed by atoms with Crippen molar-refractivity contribution in [3.8, 4) is 0 Å². The minimum absolute atomic E-state index is 0.0240. The minimum atomic E-state index is -3.12. The summed E-state index contributed by atoms with van der Waals surface area (Å²) in [6, 6.07) is 7.77. The van der Waals surface area contributed by atoms with Gasteiger partial charge in [0, 0.05) is 19.1 Å². The number of nitrogens with one attached hydrogen (secondary N) is 2. The SMILES string of the molecule is CC(NCCNS(C)(=O)=O)c1cccc(CO)c1. The molecule has 3 N–H and O–H groups in total. The van der Waals surface area contributed by atoms with Gasteiger partial charge in [-0.15, -0.1) is 0 Å². The average molecular weight is 272 g/mol. The van der Waals surface area contributed by atoms with E-state index in [4.69, 9.17) is 5.11 Å². The van der Waals surface area contributed by atoms with E-state index in [1.165, 1.54) is 0 Å². The van der Waals surface area contributed by atoms with Crippen molar-refractivity contribution in [1.82, 2.24) is 10.0 Å². The molecule has 0 bridgehead atoms. The topological polar surface area (TPSA) is 78.4 Å². The number of sulfonamides is 1. The summed E-state index contributed by atoms with van der Waals surface area (Å²) in [5, 5.41) is 12.3. The van der Waals surface area contributed by atoms with Crippen molar-refractivity contribution in [2.45, 2.75) is 19.6 Å². The van der Waals surface area contributed by atoms with Crippen LogP contribution in [0, 0.1) is 0 Å². The van der Waals surface area contributed by atoms with Gasteiger partial charge in [-0.1, -0.05) is 24.3 Å². The molecule has 0 aromatic heterocycles. The Morgan fingerprint density at radius 2 is 2.06 bits per heavy atom. The normalized spacial score (nSPS) is 13.5. The Labute approximate surface area is 108 Å². The molecule has 1 aromatic rings. The van der Waals surface area contributed by atoms with Gasteiger partial charge in [0.2, 0.25) is 10.0 Å². The Hall–Kier alpha value is -0.950. The van der Waals surface area contributed by atoms with Crippen LogP contribution < -0.4 is 10.0 Å². The van der Waals surface area contributed by atoms with Gasteiger partial charge in [-0.25, -0.2) is 13.1 Å². The average Bonchev–Trinajstić information content (AvgIpc) is 2.33.